The second-order valence-electron chi connectivity index (χ2n) is 3.52. The minimum atomic E-state index is -1.13. The molecular weight excluding hydrogens is 258 g/mol. The van der Waals surface area contributed by atoms with Crippen molar-refractivity contribution in [3.05, 3.63) is 28.9 Å². The van der Waals surface area contributed by atoms with Crippen molar-refractivity contribution in [3.8, 4) is 11.5 Å². The third kappa shape index (κ3) is 2.04. The Kier molecular flexibility index (Phi) is 3.25. The zero-order valence-corrected chi connectivity index (χ0v) is 10.5. The Balaban J connectivity index is 2.76. The van der Waals surface area contributed by atoms with E-state index in [2.05, 4.69) is 4.98 Å². The maximum absolute atomic E-state index is 10.9. The molecule has 1 heterocycles. The molecule has 0 amide bonds. The number of carboxylic acids is 1. The molecule has 5 nitrogen and oxygen atoms in total. The number of hydrogen-bond acceptors (Lipinski definition) is 4. The van der Waals surface area contributed by atoms with Gasteiger partial charge in [0.25, 0.3) is 0 Å². The number of pyridine rings is 1. The molecule has 0 saturated heterocycles. The van der Waals surface area contributed by atoms with Crippen LogP contribution in [0.5, 0.6) is 11.5 Å². The first-order chi connectivity index (χ1) is 8.56. The lowest BCUT2D eigenvalue weighted by Gasteiger charge is -2.10. The molecule has 6 heteroatoms. The number of carboxylic acid groups (broad SMARTS) is 1. The third-order valence-electron chi connectivity index (χ3n) is 2.48. The Morgan fingerprint density at radius 2 is 1.83 bits per heavy atom. The van der Waals surface area contributed by atoms with Crippen molar-refractivity contribution in [3.63, 3.8) is 0 Å². The van der Waals surface area contributed by atoms with Gasteiger partial charge in [-0.1, -0.05) is 11.6 Å². The summed E-state index contributed by atoms with van der Waals surface area (Å²) in [5, 5.41) is 9.83. The standard InChI is InChI=1S/C12H10ClNO4/c1-17-10-3-6-7(13)4-9(12(15)16)14-8(6)5-11(10)18-2/h3-5H,1-2H3,(H,15,16). The van der Waals surface area contributed by atoms with Crippen LogP contribution in [0, 0.1) is 0 Å². The number of halogens is 1. The molecule has 1 aromatic heterocycles. The zero-order valence-electron chi connectivity index (χ0n) is 9.73. The molecule has 0 fully saturated rings. The van der Waals surface area contributed by atoms with Crippen molar-refractivity contribution >= 4 is 28.5 Å². The van der Waals surface area contributed by atoms with Gasteiger partial charge >= 0.3 is 5.97 Å². The lowest BCUT2D eigenvalue weighted by atomic mass is 10.1. The van der Waals surface area contributed by atoms with Crippen molar-refractivity contribution in [2.24, 2.45) is 0 Å². The molecule has 2 rings (SSSR count). The molecule has 0 aliphatic heterocycles. The van der Waals surface area contributed by atoms with Gasteiger partial charge in [-0.15, -0.1) is 0 Å². The highest BCUT2D eigenvalue weighted by atomic mass is 35.5. The SMILES string of the molecule is COc1cc2nc(C(=O)O)cc(Cl)c2cc1OC. The van der Waals surface area contributed by atoms with E-state index in [-0.39, 0.29) is 5.69 Å². The van der Waals surface area contributed by atoms with E-state index >= 15 is 0 Å². The number of fused-ring (bicyclic) bond motifs is 1. The normalized spacial score (nSPS) is 10.4. The quantitative estimate of drug-likeness (QED) is 0.926. The number of methoxy groups -OCH3 is 2. The van der Waals surface area contributed by atoms with Crippen LogP contribution in [-0.4, -0.2) is 30.3 Å². The van der Waals surface area contributed by atoms with Crippen LogP contribution in [0.2, 0.25) is 5.02 Å². The average molecular weight is 268 g/mol. The van der Waals surface area contributed by atoms with Crippen molar-refractivity contribution in [2.45, 2.75) is 0 Å². The summed E-state index contributed by atoms with van der Waals surface area (Å²) in [6.45, 7) is 0. The summed E-state index contributed by atoms with van der Waals surface area (Å²) in [6.07, 6.45) is 0. The summed E-state index contributed by atoms with van der Waals surface area (Å²) in [6, 6.07) is 4.56. The Hall–Kier alpha value is -2.01. The number of hydrogen-bond donors (Lipinski definition) is 1. The number of aromatic nitrogens is 1. The number of aromatic carboxylic acids is 1. The maximum Gasteiger partial charge on any atom is 0.354 e. The summed E-state index contributed by atoms with van der Waals surface area (Å²) in [5.41, 5.74) is 0.331. The van der Waals surface area contributed by atoms with E-state index in [1.54, 1.807) is 12.1 Å². The number of rotatable bonds is 3. The highest BCUT2D eigenvalue weighted by Crippen LogP contribution is 2.34. The van der Waals surface area contributed by atoms with Gasteiger partial charge in [0.2, 0.25) is 0 Å². The molecule has 0 spiro atoms. The fraction of sp³-hybridized carbons (Fsp3) is 0.167. The summed E-state index contributed by atoms with van der Waals surface area (Å²) in [5.74, 6) is -0.151. The topological polar surface area (TPSA) is 68.7 Å². The Morgan fingerprint density at radius 1 is 1.22 bits per heavy atom. The molecule has 2 aromatic rings. The smallest absolute Gasteiger partial charge is 0.354 e. The highest BCUT2D eigenvalue weighted by Gasteiger charge is 2.13. The van der Waals surface area contributed by atoms with E-state index in [9.17, 15) is 4.79 Å². The van der Waals surface area contributed by atoms with Crippen LogP contribution in [0.1, 0.15) is 10.5 Å². The molecule has 1 aromatic carbocycles. The summed E-state index contributed by atoms with van der Waals surface area (Å²) >= 11 is 6.03. The highest BCUT2D eigenvalue weighted by molar-refractivity contribution is 6.35. The molecule has 0 saturated carbocycles. The van der Waals surface area contributed by atoms with Gasteiger partial charge < -0.3 is 14.6 Å². The van der Waals surface area contributed by atoms with Gasteiger partial charge in [0.1, 0.15) is 5.69 Å². The Labute approximate surface area is 108 Å². The van der Waals surface area contributed by atoms with Gasteiger partial charge in [-0.05, 0) is 12.1 Å². The van der Waals surface area contributed by atoms with Crippen LogP contribution in [0.3, 0.4) is 0 Å². The molecule has 0 radical (unpaired) electrons. The van der Waals surface area contributed by atoms with Gasteiger partial charge in [-0.3, -0.25) is 0 Å². The molecule has 1 N–H and O–H groups in total. The van der Waals surface area contributed by atoms with E-state index in [0.29, 0.717) is 27.4 Å². The second kappa shape index (κ2) is 4.70. The number of nitrogens with zero attached hydrogens (tertiary/aromatic N) is 1. The summed E-state index contributed by atoms with van der Waals surface area (Å²) in [4.78, 5) is 14.9. The van der Waals surface area contributed by atoms with Gasteiger partial charge in [-0.25, -0.2) is 9.78 Å². The van der Waals surface area contributed by atoms with E-state index in [4.69, 9.17) is 26.2 Å². The number of benzene rings is 1. The van der Waals surface area contributed by atoms with Crippen LogP contribution >= 0.6 is 11.6 Å². The first-order valence-corrected chi connectivity index (χ1v) is 5.40. The van der Waals surface area contributed by atoms with Gasteiger partial charge in [0, 0.05) is 11.5 Å². The van der Waals surface area contributed by atoms with Crippen LogP contribution in [0.25, 0.3) is 10.9 Å². The summed E-state index contributed by atoms with van der Waals surface area (Å²) in [7, 11) is 3.00. The van der Waals surface area contributed by atoms with Crippen LogP contribution in [-0.2, 0) is 0 Å². The number of ether oxygens (including phenoxy) is 2. The largest absolute Gasteiger partial charge is 0.493 e. The van der Waals surface area contributed by atoms with Crippen LogP contribution in [0.4, 0.5) is 0 Å². The molecule has 0 bridgehead atoms. The van der Waals surface area contributed by atoms with Crippen molar-refractivity contribution in [1.82, 2.24) is 4.98 Å². The van der Waals surface area contributed by atoms with E-state index in [1.807, 2.05) is 0 Å². The predicted molar refractivity (Wildman–Crippen MR) is 66.8 cm³/mol. The fourth-order valence-corrected chi connectivity index (χ4v) is 1.88. The maximum atomic E-state index is 10.9. The summed E-state index contributed by atoms with van der Waals surface area (Å²) < 4.78 is 10.3. The lowest BCUT2D eigenvalue weighted by molar-refractivity contribution is 0.0691. The molecular formula is C12H10ClNO4. The van der Waals surface area contributed by atoms with Crippen LogP contribution in [0.15, 0.2) is 18.2 Å². The van der Waals surface area contributed by atoms with E-state index < -0.39 is 5.97 Å². The van der Waals surface area contributed by atoms with Crippen molar-refractivity contribution < 1.29 is 19.4 Å². The zero-order chi connectivity index (χ0) is 13.3. The number of carbonyl (C=O) groups is 1. The molecule has 18 heavy (non-hydrogen) atoms. The first kappa shape index (κ1) is 12.4. The van der Waals surface area contributed by atoms with Gasteiger partial charge in [-0.2, -0.15) is 0 Å². The predicted octanol–water partition coefficient (Wildman–Crippen LogP) is 2.60. The van der Waals surface area contributed by atoms with Crippen molar-refractivity contribution in [2.75, 3.05) is 14.2 Å². The average Bonchev–Trinajstić information content (AvgIpc) is 2.36. The molecule has 0 aliphatic carbocycles. The second-order valence-corrected chi connectivity index (χ2v) is 3.93. The minimum absolute atomic E-state index is 0.111. The fourth-order valence-electron chi connectivity index (χ4n) is 1.62. The van der Waals surface area contributed by atoms with Gasteiger partial charge in [0.15, 0.2) is 11.5 Å². The van der Waals surface area contributed by atoms with Crippen LogP contribution < -0.4 is 9.47 Å². The lowest BCUT2D eigenvalue weighted by Crippen LogP contribution is -2.01. The van der Waals surface area contributed by atoms with E-state index in [0.717, 1.165) is 0 Å². The minimum Gasteiger partial charge on any atom is -0.493 e. The molecule has 94 valence electrons. The first-order valence-electron chi connectivity index (χ1n) is 5.02. The van der Waals surface area contributed by atoms with E-state index in [1.165, 1.54) is 20.3 Å². The van der Waals surface area contributed by atoms with Gasteiger partial charge in [0.05, 0.1) is 24.8 Å². The molecule has 0 unspecified atom stereocenters. The molecule has 0 aliphatic rings. The molecule has 0 atom stereocenters. The Morgan fingerprint density at radius 3 is 2.39 bits per heavy atom. The van der Waals surface area contributed by atoms with Crippen molar-refractivity contribution in [1.29, 1.82) is 0 Å². The monoisotopic (exact) mass is 267 g/mol. The third-order valence-corrected chi connectivity index (χ3v) is 2.80. The Bertz CT molecular complexity index is 627.